The van der Waals surface area contributed by atoms with Crippen molar-refractivity contribution >= 4 is 22.0 Å². The molecule has 0 N–H and O–H groups in total. The van der Waals surface area contributed by atoms with Crippen molar-refractivity contribution in [1.29, 1.82) is 0 Å². The van der Waals surface area contributed by atoms with Crippen LogP contribution in [-0.2, 0) is 4.74 Å². The van der Waals surface area contributed by atoms with Gasteiger partial charge in [-0.25, -0.2) is 0 Å². The fraction of sp³-hybridized carbons (Fsp3) is 0.200. The molecule has 0 aliphatic heterocycles. The average Bonchev–Trinajstić information content (AvgIpc) is 2.17. The molecule has 0 radical (unpaired) electrons. The maximum atomic E-state index is 11.9. The standard InChI is InChI=1S/C10H8BrF3O2/c1-15-5-4-7-2-3-9(8(11)6-7)16-10(12,13)14/h2-6H,1H3. The summed E-state index contributed by atoms with van der Waals surface area (Å²) in [5.41, 5.74) is 0.697. The largest absolute Gasteiger partial charge is 0.573 e. The van der Waals surface area contributed by atoms with E-state index in [4.69, 9.17) is 0 Å². The zero-order valence-corrected chi connectivity index (χ0v) is 9.80. The lowest BCUT2D eigenvalue weighted by Crippen LogP contribution is -2.17. The molecule has 0 aromatic heterocycles. The van der Waals surface area contributed by atoms with Gasteiger partial charge in [-0.05, 0) is 39.7 Å². The maximum absolute atomic E-state index is 11.9. The summed E-state index contributed by atoms with van der Waals surface area (Å²) in [4.78, 5) is 0. The third-order valence-corrected chi connectivity index (χ3v) is 2.20. The molecule has 0 saturated heterocycles. The van der Waals surface area contributed by atoms with E-state index in [0.29, 0.717) is 5.56 Å². The van der Waals surface area contributed by atoms with E-state index in [1.165, 1.54) is 31.6 Å². The van der Waals surface area contributed by atoms with E-state index in [2.05, 4.69) is 25.4 Å². The molecule has 1 aromatic carbocycles. The van der Waals surface area contributed by atoms with Crippen LogP contribution in [0.1, 0.15) is 5.56 Å². The molecule has 0 spiro atoms. The van der Waals surface area contributed by atoms with E-state index >= 15 is 0 Å². The first-order chi connectivity index (χ1) is 7.42. The molecular weight excluding hydrogens is 289 g/mol. The fourth-order valence-electron chi connectivity index (χ4n) is 0.975. The number of ether oxygens (including phenoxy) is 2. The minimum atomic E-state index is -4.69. The molecule has 0 aliphatic rings. The first kappa shape index (κ1) is 12.9. The van der Waals surface area contributed by atoms with E-state index in [0.717, 1.165) is 0 Å². The molecule has 88 valence electrons. The van der Waals surface area contributed by atoms with Crippen LogP contribution in [0.2, 0.25) is 0 Å². The van der Waals surface area contributed by atoms with Crippen molar-refractivity contribution in [3.05, 3.63) is 34.5 Å². The number of benzene rings is 1. The Morgan fingerprint density at radius 2 is 2.00 bits per heavy atom. The average molecular weight is 297 g/mol. The monoisotopic (exact) mass is 296 g/mol. The molecule has 0 atom stereocenters. The zero-order valence-electron chi connectivity index (χ0n) is 8.22. The third-order valence-electron chi connectivity index (χ3n) is 1.58. The lowest BCUT2D eigenvalue weighted by Gasteiger charge is -2.10. The number of halogens is 4. The molecule has 0 unspecified atom stereocenters. The molecule has 0 amide bonds. The molecule has 0 saturated carbocycles. The molecule has 1 aromatic rings. The Bertz CT molecular complexity index is 388. The van der Waals surface area contributed by atoms with E-state index in [9.17, 15) is 13.2 Å². The van der Waals surface area contributed by atoms with Gasteiger partial charge in [0.05, 0.1) is 17.8 Å². The lowest BCUT2D eigenvalue weighted by atomic mass is 10.2. The van der Waals surface area contributed by atoms with Crippen LogP contribution in [0.3, 0.4) is 0 Å². The van der Waals surface area contributed by atoms with E-state index < -0.39 is 6.36 Å². The summed E-state index contributed by atoms with van der Waals surface area (Å²) in [7, 11) is 1.48. The Morgan fingerprint density at radius 1 is 1.31 bits per heavy atom. The highest BCUT2D eigenvalue weighted by atomic mass is 79.9. The minimum absolute atomic E-state index is 0.225. The number of alkyl halides is 3. The lowest BCUT2D eigenvalue weighted by molar-refractivity contribution is -0.274. The van der Waals surface area contributed by atoms with Crippen LogP contribution >= 0.6 is 15.9 Å². The molecule has 1 rings (SSSR count). The highest BCUT2D eigenvalue weighted by Gasteiger charge is 2.31. The van der Waals surface area contributed by atoms with Crippen molar-refractivity contribution in [2.45, 2.75) is 6.36 Å². The van der Waals surface area contributed by atoms with Gasteiger partial charge in [-0.3, -0.25) is 0 Å². The summed E-state index contributed by atoms with van der Waals surface area (Å²) in [6, 6.07) is 4.21. The quantitative estimate of drug-likeness (QED) is 0.786. The van der Waals surface area contributed by atoms with Gasteiger partial charge in [-0.1, -0.05) is 6.07 Å². The highest BCUT2D eigenvalue weighted by Crippen LogP contribution is 2.31. The Labute approximate surface area is 98.8 Å². The summed E-state index contributed by atoms with van der Waals surface area (Å²) in [5.74, 6) is -0.276. The smallest absolute Gasteiger partial charge is 0.504 e. The third kappa shape index (κ3) is 4.14. The van der Waals surface area contributed by atoms with Gasteiger partial charge in [-0.2, -0.15) is 0 Å². The van der Waals surface area contributed by atoms with Gasteiger partial charge in [0, 0.05) is 0 Å². The first-order valence-electron chi connectivity index (χ1n) is 4.17. The van der Waals surface area contributed by atoms with Gasteiger partial charge >= 0.3 is 6.36 Å². The number of hydrogen-bond acceptors (Lipinski definition) is 2. The van der Waals surface area contributed by atoms with E-state index in [-0.39, 0.29) is 10.2 Å². The van der Waals surface area contributed by atoms with Gasteiger partial charge in [0.15, 0.2) is 0 Å². The summed E-state index contributed by atoms with van der Waals surface area (Å²) in [6.07, 6.45) is -1.65. The predicted octanol–water partition coefficient (Wildman–Crippen LogP) is 3.96. The number of hydrogen-bond donors (Lipinski definition) is 0. The SMILES string of the molecule is COC=Cc1ccc(OC(F)(F)F)c(Br)c1. The van der Waals surface area contributed by atoms with Crippen LogP contribution in [0.15, 0.2) is 28.9 Å². The molecule has 2 nitrogen and oxygen atoms in total. The van der Waals surface area contributed by atoms with Crippen molar-refractivity contribution in [2.75, 3.05) is 7.11 Å². The van der Waals surface area contributed by atoms with Crippen LogP contribution in [0.5, 0.6) is 5.75 Å². The summed E-state index contributed by atoms with van der Waals surface area (Å²) in [6.45, 7) is 0. The van der Waals surface area contributed by atoms with Crippen LogP contribution < -0.4 is 4.74 Å². The second-order valence-electron chi connectivity index (χ2n) is 2.78. The molecule has 0 fully saturated rings. The van der Waals surface area contributed by atoms with Gasteiger partial charge in [0.2, 0.25) is 0 Å². The maximum Gasteiger partial charge on any atom is 0.573 e. The van der Waals surface area contributed by atoms with Crippen LogP contribution in [-0.4, -0.2) is 13.5 Å². The molecular formula is C10H8BrF3O2. The van der Waals surface area contributed by atoms with Gasteiger partial charge in [0.25, 0.3) is 0 Å². The number of rotatable bonds is 3. The van der Waals surface area contributed by atoms with E-state index in [1.807, 2.05) is 0 Å². The molecule has 0 heterocycles. The topological polar surface area (TPSA) is 18.5 Å². The Morgan fingerprint density at radius 3 is 2.50 bits per heavy atom. The van der Waals surface area contributed by atoms with Gasteiger partial charge in [0.1, 0.15) is 5.75 Å². The van der Waals surface area contributed by atoms with Gasteiger partial charge in [-0.15, -0.1) is 13.2 Å². The van der Waals surface area contributed by atoms with Crippen LogP contribution in [0, 0.1) is 0 Å². The molecule has 6 heteroatoms. The Balaban J connectivity index is 2.87. The van der Waals surface area contributed by atoms with Crippen molar-refractivity contribution in [3.8, 4) is 5.75 Å². The van der Waals surface area contributed by atoms with E-state index in [1.54, 1.807) is 6.08 Å². The van der Waals surface area contributed by atoms with Crippen molar-refractivity contribution in [3.63, 3.8) is 0 Å². The summed E-state index contributed by atoms with van der Waals surface area (Å²) in [5, 5.41) is 0. The van der Waals surface area contributed by atoms with Crippen molar-refractivity contribution in [2.24, 2.45) is 0 Å². The predicted molar refractivity (Wildman–Crippen MR) is 56.9 cm³/mol. The zero-order chi connectivity index (χ0) is 12.2. The highest BCUT2D eigenvalue weighted by molar-refractivity contribution is 9.10. The minimum Gasteiger partial charge on any atom is -0.504 e. The summed E-state index contributed by atoms with van der Waals surface area (Å²) >= 11 is 2.99. The molecule has 16 heavy (non-hydrogen) atoms. The molecule has 0 aliphatic carbocycles. The molecule has 0 bridgehead atoms. The van der Waals surface area contributed by atoms with Crippen molar-refractivity contribution in [1.82, 2.24) is 0 Å². The number of methoxy groups -OCH3 is 1. The second kappa shape index (κ2) is 5.25. The Hall–Kier alpha value is -1.17. The second-order valence-corrected chi connectivity index (χ2v) is 3.63. The normalized spacial score (nSPS) is 11.8. The van der Waals surface area contributed by atoms with Crippen molar-refractivity contribution < 1.29 is 22.6 Å². The summed E-state index contributed by atoms with van der Waals surface area (Å²) < 4.78 is 44.5. The van der Waals surface area contributed by atoms with Crippen LogP contribution in [0.4, 0.5) is 13.2 Å². The Kier molecular flexibility index (Phi) is 4.23. The fourth-order valence-corrected chi connectivity index (χ4v) is 1.45. The van der Waals surface area contributed by atoms with Gasteiger partial charge < -0.3 is 9.47 Å². The van der Waals surface area contributed by atoms with Crippen LogP contribution in [0.25, 0.3) is 6.08 Å². The first-order valence-corrected chi connectivity index (χ1v) is 4.96.